The highest BCUT2D eigenvalue weighted by Crippen LogP contribution is 2.27. The molecule has 84 valence electrons. The first-order valence-corrected chi connectivity index (χ1v) is 6.61. The summed E-state index contributed by atoms with van der Waals surface area (Å²) in [4.78, 5) is 0. The molecule has 0 saturated carbocycles. The van der Waals surface area contributed by atoms with Crippen molar-refractivity contribution in [3.05, 3.63) is 28.2 Å². The highest BCUT2D eigenvalue weighted by Gasteiger charge is 2.01. The van der Waals surface area contributed by atoms with Gasteiger partial charge < -0.3 is 9.47 Å². The third-order valence-electron chi connectivity index (χ3n) is 1.92. The van der Waals surface area contributed by atoms with Crippen LogP contribution in [-0.2, 0) is 10.5 Å². The normalized spacial score (nSPS) is 10.3. The Kier molecular flexibility index (Phi) is 6.13. The first-order valence-electron chi connectivity index (χ1n) is 4.67. The molecule has 1 aromatic carbocycles. The van der Waals surface area contributed by atoms with Crippen molar-refractivity contribution in [1.29, 1.82) is 0 Å². The highest BCUT2D eigenvalue weighted by molar-refractivity contribution is 9.10. The molecule has 0 aliphatic heterocycles. The second-order valence-electron chi connectivity index (χ2n) is 3.01. The first kappa shape index (κ1) is 12.9. The summed E-state index contributed by atoms with van der Waals surface area (Å²) in [6.07, 6.45) is 0. The summed E-state index contributed by atoms with van der Waals surface area (Å²) in [5, 5.41) is 0. The van der Waals surface area contributed by atoms with E-state index in [1.54, 1.807) is 14.2 Å². The molecule has 0 aromatic heterocycles. The second kappa shape index (κ2) is 7.14. The van der Waals surface area contributed by atoms with Crippen LogP contribution >= 0.6 is 27.7 Å². The molecule has 0 aliphatic rings. The Morgan fingerprint density at radius 2 is 2.13 bits per heavy atom. The molecule has 0 heterocycles. The third-order valence-corrected chi connectivity index (χ3v) is 3.53. The van der Waals surface area contributed by atoms with E-state index in [1.807, 2.05) is 17.8 Å². The number of halogens is 1. The van der Waals surface area contributed by atoms with E-state index < -0.39 is 0 Å². The molecule has 1 rings (SSSR count). The summed E-state index contributed by atoms with van der Waals surface area (Å²) >= 11 is 5.34. The minimum atomic E-state index is 0.808. The standard InChI is InChI=1S/C11H15BrO2S/c1-13-5-6-15-8-9-3-4-11(14-2)10(12)7-9/h3-4,7H,5-6,8H2,1-2H3. The lowest BCUT2D eigenvalue weighted by Crippen LogP contribution is -1.92. The molecule has 0 spiro atoms. The summed E-state index contributed by atoms with van der Waals surface area (Å²) in [6.45, 7) is 0.808. The van der Waals surface area contributed by atoms with Crippen molar-refractivity contribution in [3.8, 4) is 5.75 Å². The van der Waals surface area contributed by atoms with Gasteiger partial charge in [0.05, 0.1) is 18.2 Å². The fraction of sp³-hybridized carbons (Fsp3) is 0.455. The maximum atomic E-state index is 5.17. The number of hydrogen-bond acceptors (Lipinski definition) is 3. The van der Waals surface area contributed by atoms with E-state index >= 15 is 0 Å². The molecule has 0 atom stereocenters. The van der Waals surface area contributed by atoms with E-state index in [0.29, 0.717) is 0 Å². The van der Waals surface area contributed by atoms with Crippen molar-refractivity contribution >= 4 is 27.7 Å². The highest BCUT2D eigenvalue weighted by atomic mass is 79.9. The Morgan fingerprint density at radius 3 is 2.73 bits per heavy atom. The summed E-state index contributed by atoms with van der Waals surface area (Å²) in [5.74, 6) is 2.91. The lowest BCUT2D eigenvalue weighted by molar-refractivity contribution is 0.218. The van der Waals surface area contributed by atoms with Gasteiger partial charge in [-0.25, -0.2) is 0 Å². The van der Waals surface area contributed by atoms with Crippen molar-refractivity contribution in [2.75, 3.05) is 26.6 Å². The van der Waals surface area contributed by atoms with E-state index in [-0.39, 0.29) is 0 Å². The SMILES string of the molecule is COCCSCc1ccc(OC)c(Br)c1. The number of benzene rings is 1. The van der Waals surface area contributed by atoms with Crippen molar-refractivity contribution in [2.45, 2.75) is 5.75 Å². The smallest absolute Gasteiger partial charge is 0.133 e. The topological polar surface area (TPSA) is 18.5 Å². The Morgan fingerprint density at radius 1 is 1.33 bits per heavy atom. The van der Waals surface area contributed by atoms with Crippen LogP contribution in [0.3, 0.4) is 0 Å². The molecular formula is C11H15BrO2S. The van der Waals surface area contributed by atoms with Gasteiger partial charge in [0.15, 0.2) is 0 Å². The van der Waals surface area contributed by atoms with E-state index in [1.165, 1.54) is 5.56 Å². The molecule has 0 radical (unpaired) electrons. The van der Waals surface area contributed by atoms with Gasteiger partial charge in [-0.05, 0) is 33.6 Å². The second-order valence-corrected chi connectivity index (χ2v) is 4.97. The van der Waals surface area contributed by atoms with E-state index in [0.717, 1.165) is 28.3 Å². The Labute approximate surface area is 103 Å². The van der Waals surface area contributed by atoms with E-state index in [4.69, 9.17) is 9.47 Å². The van der Waals surface area contributed by atoms with Gasteiger partial charge in [0.1, 0.15) is 5.75 Å². The van der Waals surface area contributed by atoms with Crippen LogP contribution in [0.15, 0.2) is 22.7 Å². The van der Waals surface area contributed by atoms with Gasteiger partial charge in [-0.1, -0.05) is 6.07 Å². The molecule has 15 heavy (non-hydrogen) atoms. The first-order chi connectivity index (χ1) is 7.27. The van der Waals surface area contributed by atoms with Gasteiger partial charge in [0, 0.05) is 18.6 Å². The molecular weight excluding hydrogens is 276 g/mol. The molecule has 4 heteroatoms. The molecule has 0 saturated heterocycles. The van der Waals surface area contributed by atoms with Crippen LogP contribution in [0.2, 0.25) is 0 Å². The quantitative estimate of drug-likeness (QED) is 0.749. The van der Waals surface area contributed by atoms with Gasteiger partial charge in [-0.3, -0.25) is 0 Å². The molecule has 0 bridgehead atoms. The fourth-order valence-corrected chi connectivity index (χ4v) is 2.56. The largest absolute Gasteiger partial charge is 0.496 e. The fourth-order valence-electron chi connectivity index (χ4n) is 1.13. The number of methoxy groups -OCH3 is 2. The van der Waals surface area contributed by atoms with Crippen LogP contribution in [0.4, 0.5) is 0 Å². The average molecular weight is 291 g/mol. The molecule has 0 N–H and O–H groups in total. The van der Waals surface area contributed by atoms with Crippen LogP contribution in [-0.4, -0.2) is 26.6 Å². The molecule has 0 unspecified atom stereocenters. The summed E-state index contributed by atoms with van der Waals surface area (Å²) < 4.78 is 11.2. The Balaban J connectivity index is 2.45. The predicted molar refractivity (Wildman–Crippen MR) is 68.7 cm³/mol. The van der Waals surface area contributed by atoms with Gasteiger partial charge in [-0.2, -0.15) is 11.8 Å². The molecule has 2 nitrogen and oxygen atoms in total. The predicted octanol–water partition coefficient (Wildman–Crippen LogP) is 3.34. The van der Waals surface area contributed by atoms with E-state index in [2.05, 4.69) is 28.1 Å². The monoisotopic (exact) mass is 290 g/mol. The molecule has 0 amide bonds. The van der Waals surface area contributed by atoms with Crippen LogP contribution < -0.4 is 4.74 Å². The zero-order valence-electron chi connectivity index (χ0n) is 8.96. The van der Waals surface area contributed by atoms with Crippen molar-refractivity contribution < 1.29 is 9.47 Å². The van der Waals surface area contributed by atoms with Crippen LogP contribution in [0.1, 0.15) is 5.56 Å². The third kappa shape index (κ3) is 4.45. The van der Waals surface area contributed by atoms with Gasteiger partial charge in [-0.15, -0.1) is 0 Å². The minimum absolute atomic E-state index is 0.808. The van der Waals surface area contributed by atoms with Crippen LogP contribution in [0.25, 0.3) is 0 Å². The Hall–Kier alpha value is -0.190. The van der Waals surface area contributed by atoms with Crippen molar-refractivity contribution in [1.82, 2.24) is 0 Å². The van der Waals surface area contributed by atoms with Gasteiger partial charge in [0.25, 0.3) is 0 Å². The lowest BCUT2D eigenvalue weighted by atomic mass is 10.2. The molecule has 0 aliphatic carbocycles. The van der Waals surface area contributed by atoms with Crippen LogP contribution in [0.5, 0.6) is 5.75 Å². The van der Waals surface area contributed by atoms with Crippen LogP contribution in [0, 0.1) is 0 Å². The average Bonchev–Trinajstić information content (AvgIpc) is 2.25. The molecule has 1 aromatic rings. The summed E-state index contributed by atoms with van der Waals surface area (Å²) in [5.41, 5.74) is 1.30. The maximum absolute atomic E-state index is 5.17. The Bertz CT molecular complexity index is 305. The van der Waals surface area contributed by atoms with Crippen molar-refractivity contribution in [3.63, 3.8) is 0 Å². The number of rotatable bonds is 6. The minimum Gasteiger partial charge on any atom is -0.496 e. The zero-order valence-corrected chi connectivity index (χ0v) is 11.4. The summed E-state index contributed by atoms with van der Waals surface area (Å²) in [6, 6.07) is 6.17. The maximum Gasteiger partial charge on any atom is 0.133 e. The zero-order chi connectivity index (χ0) is 11.1. The number of hydrogen-bond donors (Lipinski definition) is 0. The van der Waals surface area contributed by atoms with E-state index in [9.17, 15) is 0 Å². The van der Waals surface area contributed by atoms with Gasteiger partial charge >= 0.3 is 0 Å². The number of thioether (sulfide) groups is 1. The molecule has 0 fully saturated rings. The number of ether oxygens (including phenoxy) is 2. The van der Waals surface area contributed by atoms with Gasteiger partial charge in [0.2, 0.25) is 0 Å². The van der Waals surface area contributed by atoms with Crippen molar-refractivity contribution in [2.24, 2.45) is 0 Å². The summed E-state index contributed by atoms with van der Waals surface area (Å²) in [7, 11) is 3.40. The lowest BCUT2D eigenvalue weighted by Gasteiger charge is -2.06.